The molecule has 23 heavy (non-hydrogen) atoms. The standard InChI is InChI=1S/C17H17N3O3/c1-16(2)17(3,21)15(22-14-10-19-6-7-20-14)12-8-11(9-18)4-5-13(12)23-16/h4-8,10,15,21H,1-3H3. The lowest BCUT2D eigenvalue weighted by molar-refractivity contribution is -0.175. The van der Waals surface area contributed by atoms with Gasteiger partial charge in [0.25, 0.3) is 0 Å². The Labute approximate surface area is 134 Å². The van der Waals surface area contributed by atoms with Gasteiger partial charge >= 0.3 is 0 Å². The normalized spacial score (nSPS) is 24.9. The van der Waals surface area contributed by atoms with Crippen LogP contribution in [0.15, 0.2) is 36.8 Å². The molecule has 6 nitrogen and oxygen atoms in total. The fourth-order valence-electron chi connectivity index (χ4n) is 2.56. The van der Waals surface area contributed by atoms with Gasteiger partial charge in [-0.15, -0.1) is 0 Å². The average Bonchev–Trinajstić information content (AvgIpc) is 2.52. The molecular weight excluding hydrogens is 294 g/mol. The maximum Gasteiger partial charge on any atom is 0.232 e. The van der Waals surface area contributed by atoms with Crippen LogP contribution in [0.2, 0.25) is 0 Å². The van der Waals surface area contributed by atoms with Crippen molar-refractivity contribution in [3.63, 3.8) is 0 Å². The van der Waals surface area contributed by atoms with Crippen LogP contribution in [0.4, 0.5) is 0 Å². The van der Waals surface area contributed by atoms with Crippen molar-refractivity contribution >= 4 is 0 Å². The Morgan fingerprint density at radius 2 is 2.09 bits per heavy atom. The summed E-state index contributed by atoms with van der Waals surface area (Å²) < 4.78 is 11.8. The van der Waals surface area contributed by atoms with Crippen LogP contribution in [0.1, 0.15) is 38.0 Å². The minimum Gasteiger partial charge on any atom is -0.484 e. The number of hydrogen-bond donors (Lipinski definition) is 1. The van der Waals surface area contributed by atoms with Crippen LogP contribution in [-0.2, 0) is 0 Å². The molecule has 1 aliphatic rings. The van der Waals surface area contributed by atoms with Gasteiger partial charge in [-0.1, -0.05) is 0 Å². The number of aromatic nitrogens is 2. The number of aliphatic hydroxyl groups is 1. The van der Waals surface area contributed by atoms with Gasteiger partial charge < -0.3 is 14.6 Å². The minimum atomic E-state index is -1.34. The first-order chi connectivity index (χ1) is 10.8. The van der Waals surface area contributed by atoms with Crippen LogP contribution in [0.3, 0.4) is 0 Å². The molecule has 118 valence electrons. The molecule has 0 saturated carbocycles. The fraction of sp³-hybridized carbons (Fsp3) is 0.353. The van der Waals surface area contributed by atoms with Crippen LogP contribution < -0.4 is 9.47 Å². The molecule has 1 N–H and O–H groups in total. The first kappa shape index (κ1) is 15.3. The molecule has 0 aliphatic carbocycles. The monoisotopic (exact) mass is 311 g/mol. The van der Waals surface area contributed by atoms with Crippen LogP contribution >= 0.6 is 0 Å². The van der Waals surface area contributed by atoms with Crippen molar-refractivity contribution in [1.29, 1.82) is 5.26 Å². The molecule has 0 amide bonds. The summed E-state index contributed by atoms with van der Waals surface area (Å²) in [5, 5.41) is 20.2. The Balaban J connectivity index is 2.12. The molecule has 0 fully saturated rings. The number of nitriles is 1. The molecular formula is C17H17N3O3. The number of benzene rings is 1. The van der Waals surface area contributed by atoms with Gasteiger partial charge in [-0.2, -0.15) is 5.26 Å². The Bertz CT molecular complexity index is 766. The Hall–Kier alpha value is -2.65. The topological polar surface area (TPSA) is 88.3 Å². The third-order valence-corrected chi connectivity index (χ3v) is 4.29. The van der Waals surface area contributed by atoms with E-state index in [9.17, 15) is 5.11 Å². The molecule has 2 aromatic rings. The third kappa shape index (κ3) is 2.49. The van der Waals surface area contributed by atoms with Gasteiger partial charge in [0.05, 0.1) is 17.8 Å². The van der Waals surface area contributed by atoms with Crippen molar-refractivity contribution in [1.82, 2.24) is 9.97 Å². The lowest BCUT2D eigenvalue weighted by atomic mass is 9.77. The predicted molar refractivity (Wildman–Crippen MR) is 81.9 cm³/mol. The van der Waals surface area contributed by atoms with Crippen molar-refractivity contribution in [2.45, 2.75) is 38.1 Å². The molecule has 1 aromatic carbocycles. The van der Waals surface area contributed by atoms with Gasteiger partial charge in [0.2, 0.25) is 5.88 Å². The van der Waals surface area contributed by atoms with Crippen molar-refractivity contribution in [2.75, 3.05) is 0 Å². The van der Waals surface area contributed by atoms with E-state index in [1.807, 2.05) is 0 Å². The lowest BCUT2D eigenvalue weighted by Gasteiger charge is -2.48. The summed E-state index contributed by atoms with van der Waals surface area (Å²) in [7, 11) is 0. The second-order valence-corrected chi connectivity index (χ2v) is 6.17. The van der Waals surface area contributed by atoms with Gasteiger partial charge in [0.15, 0.2) is 6.10 Å². The number of hydrogen-bond acceptors (Lipinski definition) is 6. The fourth-order valence-corrected chi connectivity index (χ4v) is 2.56. The van der Waals surface area contributed by atoms with E-state index in [0.29, 0.717) is 22.8 Å². The second kappa shape index (κ2) is 5.21. The van der Waals surface area contributed by atoms with E-state index in [2.05, 4.69) is 16.0 Å². The van der Waals surface area contributed by atoms with E-state index < -0.39 is 17.3 Å². The molecule has 0 radical (unpaired) electrons. The van der Waals surface area contributed by atoms with E-state index in [4.69, 9.17) is 14.7 Å². The average molecular weight is 311 g/mol. The van der Waals surface area contributed by atoms with Crippen molar-refractivity contribution in [3.05, 3.63) is 47.9 Å². The Morgan fingerprint density at radius 3 is 2.74 bits per heavy atom. The highest BCUT2D eigenvalue weighted by Crippen LogP contribution is 2.48. The molecule has 1 aliphatic heterocycles. The summed E-state index contributed by atoms with van der Waals surface area (Å²) in [6.45, 7) is 5.23. The first-order valence-electron chi connectivity index (χ1n) is 7.23. The van der Waals surface area contributed by atoms with E-state index in [0.717, 1.165) is 0 Å². The smallest absolute Gasteiger partial charge is 0.232 e. The van der Waals surface area contributed by atoms with Gasteiger partial charge in [0, 0.05) is 18.0 Å². The summed E-state index contributed by atoms with van der Waals surface area (Å²) in [5.41, 5.74) is -1.15. The maximum absolute atomic E-state index is 11.1. The SMILES string of the molecule is CC1(C)Oc2ccc(C#N)cc2C(Oc2cnccn2)C1(C)O. The summed E-state index contributed by atoms with van der Waals surface area (Å²) in [4.78, 5) is 8.07. The number of fused-ring (bicyclic) bond motifs is 1. The molecule has 2 atom stereocenters. The van der Waals surface area contributed by atoms with E-state index in [1.54, 1.807) is 45.2 Å². The van der Waals surface area contributed by atoms with Gasteiger partial charge in [-0.3, -0.25) is 4.98 Å². The quantitative estimate of drug-likeness (QED) is 0.916. The second-order valence-electron chi connectivity index (χ2n) is 6.17. The van der Waals surface area contributed by atoms with Crippen LogP contribution in [0.5, 0.6) is 11.6 Å². The molecule has 0 bridgehead atoms. The van der Waals surface area contributed by atoms with Crippen molar-refractivity contribution in [2.24, 2.45) is 0 Å². The van der Waals surface area contributed by atoms with Crippen molar-refractivity contribution < 1.29 is 14.6 Å². The molecule has 0 spiro atoms. The highest BCUT2D eigenvalue weighted by molar-refractivity contribution is 5.47. The van der Waals surface area contributed by atoms with E-state index in [1.165, 1.54) is 12.4 Å². The molecule has 6 heteroatoms. The van der Waals surface area contributed by atoms with Gasteiger partial charge in [-0.05, 0) is 39.0 Å². The first-order valence-corrected chi connectivity index (χ1v) is 7.23. The summed E-state index contributed by atoms with van der Waals surface area (Å²) in [6.07, 6.45) is 3.79. The minimum absolute atomic E-state index is 0.295. The highest BCUT2D eigenvalue weighted by Gasteiger charge is 2.54. The van der Waals surface area contributed by atoms with Crippen LogP contribution in [0.25, 0.3) is 0 Å². The predicted octanol–water partition coefficient (Wildman–Crippen LogP) is 2.39. The zero-order valence-corrected chi connectivity index (χ0v) is 13.1. The number of ether oxygens (including phenoxy) is 2. The van der Waals surface area contributed by atoms with Crippen LogP contribution in [0, 0.1) is 11.3 Å². The Morgan fingerprint density at radius 1 is 1.30 bits per heavy atom. The van der Waals surface area contributed by atoms with E-state index in [-0.39, 0.29) is 0 Å². The van der Waals surface area contributed by atoms with Gasteiger partial charge in [0.1, 0.15) is 17.0 Å². The molecule has 2 heterocycles. The van der Waals surface area contributed by atoms with Crippen LogP contribution in [-0.4, -0.2) is 26.3 Å². The lowest BCUT2D eigenvalue weighted by Crippen LogP contribution is -2.59. The van der Waals surface area contributed by atoms with Gasteiger partial charge in [-0.25, -0.2) is 4.98 Å². The molecule has 3 rings (SSSR count). The zero-order chi connectivity index (χ0) is 16.7. The number of nitrogens with zero attached hydrogens (tertiary/aromatic N) is 3. The largest absolute Gasteiger partial charge is 0.484 e. The summed E-state index contributed by atoms with van der Waals surface area (Å²) in [6, 6.07) is 7.15. The van der Waals surface area contributed by atoms with Crippen molar-refractivity contribution in [3.8, 4) is 17.7 Å². The molecule has 1 aromatic heterocycles. The maximum atomic E-state index is 11.1. The third-order valence-electron chi connectivity index (χ3n) is 4.29. The zero-order valence-electron chi connectivity index (χ0n) is 13.1. The van der Waals surface area contributed by atoms with E-state index >= 15 is 0 Å². The highest BCUT2D eigenvalue weighted by atomic mass is 16.6. The Kier molecular flexibility index (Phi) is 3.46. The summed E-state index contributed by atoms with van der Waals surface area (Å²) >= 11 is 0. The molecule has 0 saturated heterocycles. The summed E-state index contributed by atoms with van der Waals surface area (Å²) in [5.74, 6) is 0.873. The number of rotatable bonds is 2. The molecule has 2 unspecified atom stereocenters.